The number of aliphatic hydroxyl groups is 2. The van der Waals surface area contributed by atoms with Crippen LogP contribution >= 0.6 is 0 Å². The van der Waals surface area contributed by atoms with Gasteiger partial charge in [0.05, 0.1) is 6.10 Å². The molecule has 0 aliphatic rings. The Bertz CT molecular complexity index is 398. The minimum absolute atomic E-state index is 0.163. The van der Waals surface area contributed by atoms with Gasteiger partial charge in [-0.1, -0.05) is 51.1 Å². The average molecular weight is 296 g/mol. The van der Waals surface area contributed by atoms with Crippen LogP contribution in [-0.4, -0.2) is 31.2 Å². The van der Waals surface area contributed by atoms with Gasteiger partial charge >= 0.3 is 0 Å². The smallest absolute Gasteiger partial charge is 0.191 e. The van der Waals surface area contributed by atoms with Gasteiger partial charge in [-0.15, -0.1) is 0 Å². The Morgan fingerprint density at radius 2 is 1.65 bits per heavy atom. The van der Waals surface area contributed by atoms with Gasteiger partial charge in [-0.3, -0.25) is 0 Å². The fourth-order valence-electron chi connectivity index (χ4n) is 1.68. The quantitative estimate of drug-likeness (QED) is 0.790. The highest BCUT2D eigenvalue weighted by Gasteiger charge is 2.37. The molecule has 1 rings (SSSR count). The lowest BCUT2D eigenvalue weighted by Crippen LogP contribution is -2.41. The van der Waals surface area contributed by atoms with E-state index in [2.05, 4.69) is 33.9 Å². The van der Waals surface area contributed by atoms with Crippen molar-refractivity contribution in [2.45, 2.75) is 57.5 Å². The summed E-state index contributed by atoms with van der Waals surface area (Å²) in [7, 11) is -1.78. The third-order valence-electron chi connectivity index (χ3n) is 4.19. The molecule has 114 valence electrons. The summed E-state index contributed by atoms with van der Waals surface area (Å²) < 4.78 is 6.02. The summed E-state index contributed by atoms with van der Waals surface area (Å²) in [6.07, 6.45) is -1.19. The minimum Gasteiger partial charge on any atom is -0.417 e. The van der Waals surface area contributed by atoms with Crippen molar-refractivity contribution in [1.29, 1.82) is 0 Å². The molecule has 2 N–H and O–H groups in total. The maximum Gasteiger partial charge on any atom is 0.191 e. The molecule has 0 fully saturated rings. The predicted molar refractivity (Wildman–Crippen MR) is 85.2 cm³/mol. The number of benzene rings is 1. The topological polar surface area (TPSA) is 49.7 Å². The van der Waals surface area contributed by atoms with E-state index in [0.717, 1.165) is 5.56 Å². The summed E-state index contributed by atoms with van der Waals surface area (Å²) in [5, 5.41) is 20.3. The lowest BCUT2D eigenvalue weighted by atomic mass is 10.0. The Hall–Kier alpha value is -0.683. The molecular weight excluding hydrogens is 268 g/mol. The van der Waals surface area contributed by atoms with E-state index >= 15 is 0 Å². The van der Waals surface area contributed by atoms with Gasteiger partial charge < -0.3 is 14.6 Å². The molecule has 1 aromatic rings. The van der Waals surface area contributed by atoms with Crippen molar-refractivity contribution in [2.75, 3.05) is 6.61 Å². The number of hydrogen-bond donors (Lipinski definition) is 2. The molecule has 20 heavy (non-hydrogen) atoms. The Balaban J connectivity index is 2.46. The summed E-state index contributed by atoms with van der Waals surface area (Å²) >= 11 is 0. The number of aliphatic hydroxyl groups excluding tert-OH is 2. The van der Waals surface area contributed by atoms with Crippen LogP contribution < -0.4 is 0 Å². The van der Waals surface area contributed by atoms with E-state index in [9.17, 15) is 10.2 Å². The summed E-state index contributed by atoms with van der Waals surface area (Å²) in [4.78, 5) is 0. The highest BCUT2D eigenvalue weighted by atomic mass is 28.4. The second kappa shape index (κ2) is 6.85. The minimum atomic E-state index is -1.78. The van der Waals surface area contributed by atoms with Crippen LogP contribution in [0.4, 0.5) is 0 Å². The first-order valence-electron chi connectivity index (χ1n) is 7.20. The molecule has 4 heteroatoms. The second-order valence-corrected chi connectivity index (χ2v) is 11.6. The van der Waals surface area contributed by atoms with E-state index < -0.39 is 20.5 Å². The number of rotatable bonds is 6. The monoisotopic (exact) mass is 296 g/mol. The molecule has 2 unspecified atom stereocenters. The molecule has 0 amide bonds. The van der Waals surface area contributed by atoms with Gasteiger partial charge in [0, 0.05) is 6.61 Å². The lowest BCUT2D eigenvalue weighted by molar-refractivity contribution is 0.00518. The van der Waals surface area contributed by atoms with E-state index in [1.807, 2.05) is 30.3 Å². The van der Waals surface area contributed by atoms with Crippen molar-refractivity contribution < 1.29 is 14.6 Å². The van der Waals surface area contributed by atoms with Gasteiger partial charge in [0.15, 0.2) is 8.32 Å². The molecule has 0 saturated carbocycles. The molecule has 0 radical (unpaired) electrons. The zero-order chi connectivity index (χ0) is 15.4. The van der Waals surface area contributed by atoms with Crippen molar-refractivity contribution in [3.8, 4) is 0 Å². The van der Waals surface area contributed by atoms with Gasteiger partial charge in [0.2, 0.25) is 0 Å². The maximum absolute atomic E-state index is 10.1. The zero-order valence-corrected chi connectivity index (χ0v) is 14.3. The fraction of sp³-hybridized carbons (Fsp3) is 0.625. The third kappa shape index (κ3) is 4.70. The second-order valence-electron chi connectivity index (χ2n) is 6.82. The van der Waals surface area contributed by atoms with Crippen LogP contribution in [0.3, 0.4) is 0 Å². The van der Waals surface area contributed by atoms with Gasteiger partial charge in [-0.2, -0.15) is 0 Å². The summed E-state index contributed by atoms with van der Waals surface area (Å²) in [6.45, 7) is 11.4. The molecule has 0 spiro atoms. The van der Waals surface area contributed by atoms with Crippen molar-refractivity contribution in [2.24, 2.45) is 0 Å². The Labute approximate surface area is 123 Å². The van der Waals surface area contributed by atoms with Crippen LogP contribution in [0.15, 0.2) is 30.3 Å². The first kappa shape index (κ1) is 17.4. The van der Waals surface area contributed by atoms with Crippen molar-refractivity contribution in [1.82, 2.24) is 0 Å². The van der Waals surface area contributed by atoms with E-state index in [1.54, 1.807) is 0 Å². The molecule has 0 aliphatic carbocycles. The largest absolute Gasteiger partial charge is 0.417 e. The van der Waals surface area contributed by atoms with Crippen LogP contribution in [0.5, 0.6) is 0 Å². The Morgan fingerprint density at radius 1 is 1.10 bits per heavy atom. The molecular formula is C16H28O3Si. The van der Waals surface area contributed by atoms with Crippen LogP contribution in [-0.2, 0) is 4.43 Å². The van der Waals surface area contributed by atoms with E-state index in [4.69, 9.17) is 4.43 Å². The van der Waals surface area contributed by atoms with Crippen molar-refractivity contribution in [3.05, 3.63) is 35.9 Å². The van der Waals surface area contributed by atoms with Crippen molar-refractivity contribution >= 4 is 8.32 Å². The SMILES string of the molecule is CC(C)(C)[Si](C)(C)OCCC(O)C(O)c1ccccc1. The third-order valence-corrected chi connectivity index (χ3v) is 8.73. The normalized spacial score (nSPS) is 15.9. The van der Waals surface area contributed by atoms with Crippen LogP contribution in [0.1, 0.15) is 38.9 Å². The average Bonchev–Trinajstić information content (AvgIpc) is 2.37. The maximum atomic E-state index is 10.1. The first-order chi connectivity index (χ1) is 9.15. The van der Waals surface area contributed by atoms with Gasteiger partial charge in [0.1, 0.15) is 6.10 Å². The van der Waals surface area contributed by atoms with E-state index in [1.165, 1.54) is 0 Å². The fourth-order valence-corrected chi connectivity index (χ4v) is 2.74. The molecule has 1 aromatic carbocycles. The molecule has 3 nitrogen and oxygen atoms in total. The van der Waals surface area contributed by atoms with E-state index in [-0.39, 0.29) is 5.04 Å². The predicted octanol–water partition coefficient (Wildman–Crippen LogP) is 3.49. The molecule has 0 aromatic heterocycles. The van der Waals surface area contributed by atoms with Gasteiger partial charge in [0.25, 0.3) is 0 Å². The zero-order valence-electron chi connectivity index (χ0n) is 13.3. The molecule has 2 atom stereocenters. The lowest BCUT2D eigenvalue weighted by Gasteiger charge is -2.36. The van der Waals surface area contributed by atoms with Crippen LogP contribution in [0.2, 0.25) is 18.1 Å². The summed E-state index contributed by atoms with van der Waals surface area (Å²) in [5.41, 5.74) is 0.743. The Morgan fingerprint density at radius 3 is 2.15 bits per heavy atom. The van der Waals surface area contributed by atoms with Crippen LogP contribution in [0.25, 0.3) is 0 Å². The van der Waals surface area contributed by atoms with E-state index in [0.29, 0.717) is 13.0 Å². The summed E-state index contributed by atoms with van der Waals surface area (Å²) in [6, 6.07) is 9.25. The molecule has 0 bridgehead atoms. The summed E-state index contributed by atoms with van der Waals surface area (Å²) in [5.74, 6) is 0. The Kier molecular flexibility index (Phi) is 5.95. The van der Waals surface area contributed by atoms with Crippen molar-refractivity contribution in [3.63, 3.8) is 0 Å². The molecule has 0 heterocycles. The molecule has 0 aliphatic heterocycles. The van der Waals surface area contributed by atoms with Gasteiger partial charge in [-0.05, 0) is 30.1 Å². The first-order valence-corrected chi connectivity index (χ1v) is 10.1. The highest BCUT2D eigenvalue weighted by molar-refractivity contribution is 6.74. The molecule has 0 saturated heterocycles. The van der Waals surface area contributed by atoms with Gasteiger partial charge in [-0.25, -0.2) is 0 Å². The number of hydrogen-bond acceptors (Lipinski definition) is 3. The highest BCUT2D eigenvalue weighted by Crippen LogP contribution is 2.36. The standard InChI is InChI=1S/C16H28O3Si/c1-16(2,3)20(4,5)19-12-11-14(17)15(18)13-9-7-6-8-10-13/h6-10,14-15,17-18H,11-12H2,1-5H3. The van der Waals surface area contributed by atoms with Crippen LogP contribution in [0, 0.1) is 0 Å².